The molecule has 0 atom stereocenters. The zero-order valence-corrected chi connectivity index (χ0v) is 13.2. The summed E-state index contributed by atoms with van der Waals surface area (Å²) in [7, 11) is -4.28. The van der Waals surface area contributed by atoms with Crippen molar-refractivity contribution in [3.63, 3.8) is 0 Å². The van der Waals surface area contributed by atoms with Crippen molar-refractivity contribution < 1.29 is 29.1 Å². The lowest BCUT2D eigenvalue weighted by molar-refractivity contribution is 0.00578. The molecule has 2 aromatic rings. The van der Waals surface area contributed by atoms with Crippen molar-refractivity contribution in [2.45, 2.75) is 45.7 Å². The molecule has 1 aromatic carbocycles. The molecule has 1 aliphatic heterocycles. The average molecular weight is 325 g/mol. The highest BCUT2D eigenvalue weighted by atomic mass is 16.7. The number of benzene rings is 1. The largest absolute Gasteiger partial charge is 0.516 e. The summed E-state index contributed by atoms with van der Waals surface area (Å²) in [4.78, 5) is 4.05. The van der Waals surface area contributed by atoms with Crippen LogP contribution in [0.15, 0.2) is 30.3 Å². The fraction of sp³-hybridized carbons (Fsp3) is 0.471. The number of methoxy groups -OCH3 is 1. The first-order chi connectivity index (χ1) is 15.2. The van der Waals surface area contributed by atoms with Gasteiger partial charge in [0.2, 0.25) is 0 Å². The number of rotatable bonds is 3. The van der Waals surface area contributed by atoms with Crippen molar-refractivity contribution in [3.8, 4) is 11.4 Å². The molecule has 122 valence electrons. The lowest BCUT2D eigenvalue weighted by atomic mass is 9.86. The standard InChI is InChI=1S/C17H23BN2O3/c1-12-19-15(18-22-16(2,3)17(4,5)23-18)11-20(12)13-7-9-14(21-6)10-8-13/h7-11H,1-6H3/i1D3,6D3,7D,8D,9D,10D,11D. The third-order valence-corrected chi connectivity index (χ3v) is 4.06. The Kier molecular flexibility index (Phi) is 1.74. The van der Waals surface area contributed by atoms with E-state index in [1.54, 1.807) is 27.7 Å². The van der Waals surface area contributed by atoms with Crippen molar-refractivity contribution in [1.82, 2.24) is 9.55 Å². The third-order valence-electron chi connectivity index (χ3n) is 4.06. The summed E-state index contributed by atoms with van der Waals surface area (Å²) < 4.78 is 104. The van der Waals surface area contributed by atoms with Crippen molar-refractivity contribution in [1.29, 1.82) is 0 Å². The molecular formula is C17H23BN2O3. The summed E-state index contributed by atoms with van der Waals surface area (Å²) in [6, 6.07) is -3.32. The molecule has 1 fully saturated rings. The van der Waals surface area contributed by atoms with E-state index in [-0.39, 0.29) is 5.59 Å². The van der Waals surface area contributed by atoms with Crippen molar-refractivity contribution in [2.24, 2.45) is 0 Å². The number of hydrogen-bond donors (Lipinski definition) is 0. The smallest absolute Gasteiger partial charge is 0.497 e. The number of aromatic nitrogens is 2. The van der Waals surface area contributed by atoms with Gasteiger partial charge >= 0.3 is 7.12 Å². The van der Waals surface area contributed by atoms with Crippen LogP contribution in [0.3, 0.4) is 0 Å². The predicted octanol–water partition coefficient (Wildman–Crippen LogP) is 2.49. The number of hydrogen-bond acceptors (Lipinski definition) is 4. The minimum atomic E-state index is -3.05. The van der Waals surface area contributed by atoms with Crippen LogP contribution in [0.4, 0.5) is 0 Å². The van der Waals surface area contributed by atoms with Gasteiger partial charge in [-0.05, 0) is 58.7 Å². The summed E-state index contributed by atoms with van der Waals surface area (Å²) in [5.41, 5.74) is -2.47. The van der Waals surface area contributed by atoms with Gasteiger partial charge in [-0.25, -0.2) is 4.98 Å². The maximum Gasteiger partial charge on any atom is 0.516 e. The van der Waals surface area contributed by atoms with Gasteiger partial charge in [-0.2, -0.15) is 0 Å². The van der Waals surface area contributed by atoms with Gasteiger partial charge < -0.3 is 18.6 Å². The summed E-state index contributed by atoms with van der Waals surface area (Å²) in [6.07, 6.45) is -0.574. The fourth-order valence-corrected chi connectivity index (χ4v) is 2.04. The highest BCUT2D eigenvalue weighted by molar-refractivity contribution is 6.61. The van der Waals surface area contributed by atoms with Gasteiger partial charge in [0.25, 0.3) is 0 Å². The van der Waals surface area contributed by atoms with Crippen molar-refractivity contribution >= 4 is 12.7 Å². The van der Waals surface area contributed by atoms with Gasteiger partial charge in [0.1, 0.15) is 11.6 Å². The second-order valence-electron chi connectivity index (χ2n) is 6.14. The van der Waals surface area contributed by atoms with Gasteiger partial charge in [0.15, 0.2) is 0 Å². The van der Waals surface area contributed by atoms with Crippen molar-refractivity contribution in [2.75, 3.05) is 7.04 Å². The molecule has 3 rings (SSSR count). The Hall–Kier alpha value is -1.79. The van der Waals surface area contributed by atoms with E-state index in [4.69, 9.17) is 24.4 Å². The van der Waals surface area contributed by atoms with E-state index in [1.165, 1.54) is 0 Å². The quantitative estimate of drug-likeness (QED) is 0.814. The SMILES string of the molecule is [2H]c1c([2H])c(-n2c(C([2H])([2H])[2H])nc(B3OC(C)(C)C(C)(C)O3)c2[2H])c([2H])c([2H])c1OC([2H])([2H])[2H]. The highest BCUT2D eigenvalue weighted by Gasteiger charge is 2.52. The maximum atomic E-state index is 8.62. The van der Waals surface area contributed by atoms with Crippen LogP contribution >= 0.6 is 0 Å². The maximum absolute atomic E-state index is 8.62. The van der Waals surface area contributed by atoms with Gasteiger partial charge in [-0.15, -0.1) is 0 Å². The molecular weight excluding hydrogens is 291 g/mol. The molecule has 1 saturated heterocycles. The highest BCUT2D eigenvalue weighted by Crippen LogP contribution is 2.36. The second kappa shape index (κ2) is 5.39. The molecule has 5 nitrogen and oxygen atoms in total. The molecule has 0 aliphatic carbocycles. The molecule has 0 radical (unpaired) electrons. The molecule has 1 aliphatic rings. The monoisotopic (exact) mass is 325 g/mol. The summed E-state index contributed by atoms with van der Waals surface area (Å²) in [5, 5.41) is 0. The molecule has 0 N–H and O–H groups in total. The topological polar surface area (TPSA) is 45.5 Å². The average Bonchev–Trinajstić information content (AvgIpc) is 3.10. The van der Waals surface area contributed by atoms with E-state index in [9.17, 15) is 0 Å². The molecule has 0 unspecified atom stereocenters. The van der Waals surface area contributed by atoms with Gasteiger partial charge in [0.05, 0.1) is 34.8 Å². The molecule has 2 heterocycles. The van der Waals surface area contributed by atoms with Gasteiger partial charge in [0, 0.05) is 16.0 Å². The molecule has 0 saturated carbocycles. The summed E-state index contributed by atoms with van der Waals surface area (Å²) in [6.45, 7) is 4.10. The van der Waals surface area contributed by atoms with Crippen LogP contribution in [0.2, 0.25) is 0 Å². The van der Waals surface area contributed by atoms with E-state index in [1.807, 2.05) is 0 Å². The van der Waals surface area contributed by atoms with Crippen LogP contribution in [0, 0.1) is 6.85 Å². The Labute approximate surface area is 153 Å². The molecule has 6 heteroatoms. The van der Waals surface area contributed by atoms with Crippen LogP contribution in [-0.4, -0.2) is 34.9 Å². The van der Waals surface area contributed by atoms with Gasteiger partial charge in [-0.3, -0.25) is 0 Å². The Morgan fingerprint density at radius 2 is 1.83 bits per heavy atom. The van der Waals surface area contributed by atoms with Crippen LogP contribution in [-0.2, 0) is 9.31 Å². The molecule has 23 heavy (non-hydrogen) atoms. The minimum Gasteiger partial charge on any atom is -0.497 e. The van der Waals surface area contributed by atoms with Crippen molar-refractivity contribution in [3.05, 3.63) is 36.2 Å². The molecule has 0 spiro atoms. The van der Waals surface area contributed by atoms with Crippen LogP contribution in [0.1, 0.15) is 48.6 Å². The van der Waals surface area contributed by atoms with E-state index < -0.39 is 79.8 Å². The van der Waals surface area contributed by atoms with Gasteiger partial charge in [-0.1, -0.05) is 0 Å². The Morgan fingerprint density at radius 3 is 2.39 bits per heavy atom. The molecule has 0 amide bonds. The normalized spacial score (nSPS) is 27.1. The number of aryl methyl sites for hydroxylation is 1. The predicted molar refractivity (Wildman–Crippen MR) is 90.6 cm³/mol. The summed E-state index contributed by atoms with van der Waals surface area (Å²) in [5.74, 6) is -1.53. The Morgan fingerprint density at radius 1 is 1.17 bits per heavy atom. The van der Waals surface area contributed by atoms with Crippen LogP contribution in [0.25, 0.3) is 5.69 Å². The Balaban J connectivity index is 2.29. The van der Waals surface area contributed by atoms with E-state index in [2.05, 4.69) is 9.72 Å². The lowest BCUT2D eigenvalue weighted by Gasteiger charge is -2.32. The first-order valence-electron chi connectivity index (χ1n) is 12.4. The fourth-order valence-electron chi connectivity index (χ4n) is 2.04. The lowest BCUT2D eigenvalue weighted by Crippen LogP contribution is -2.41. The third kappa shape index (κ3) is 2.77. The van der Waals surface area contributed by atoms with Crippen LogP contribution in [0.5, 0.6) is 5.75 Å². The number of nitrogens with zero attached hydrogens (tertiary/aromatic N) is 2. The first kappa shape index (κ1) is 7.41. The zero-order valence-electron chi connectivity index (χ0n) is 24.2. The molecule has 0 bridgehead atoms. The van der Waals surface area contributed by atoms with E-state index in [0.29, 0.717) is 4.57 Å². The minimum absolute atomic E-state index is 0.218. The zero-order chi connectivity index (χ0) is 26.2. The first-order valence-corrected chi connectivity index (χ1v) is 6.94. The van der Waals surface area contributed by atoms with E-state index in [0.717, 1.165) is 0 Å². The summed E-state index contributed by atoms with van der Waals surface area (Å²) >= 11 is 0. The molecule has 1 aromatic heterocycles. The number of imidazole rings is 1. The second-order valence-corrected chi connectivity index (χ2v) is 6.14. The van der Waals surface area contributed by atoms with Crippen LogP contribution < -0.4 is 10.3 Å². The van der Waals surface area contributed by atoms with E-state index >= 15 is 0 Å². The number of ether oxygens (including phenoxy) is 1. The Bertz CT molecular complexity index is 1100.